The normalized spacial score (nSPS) is 29.9. The molecule has 2 bridgehead atoms. The van der Waals surface area contributed by atoms with Crippen molar-refractivity contribution in [2.75, 3.05) is 24.7 Å². The number of carbonyl (C=O) groups excluding carboxylic acids is 3. The highest BCUT2D eigenvalue weighted by Crippen LogP contribution is 2.69. The van der Waals surface area contributed by atoms with Gasteiger partial charge in [-0.05, 0) is 43.2 Å². The van der Waals surface area contributed by atoms with E-state index in [1.165, 1.54) is 0 Å². The number of ether oxygens (including phenoxy) is 1. The largest absolute Gasteiger partial charge is 0.465 e. The second kappa shape index (κ2) is 11.7. The van der Waals surface area contributed by atoms with Gasteiger partial charge in [-0.1, -0.05) is 56.7 Å². The van der Waals surface area contributed by atoms with Crippen LogP contribution in [0.4, 0.5) is 5.69 Å². The monoisotopic (exact) mass is 574 g/mol. The van der Waals surface area contributed by atoms with Crippen LogP contribution in [0.5, 0.6) is 0 Å². The van der Waals surface area contributed by atoms with Gasteiger partial charge in [0, 0.05) is 11.8 Å². The first-order valence-electron chi connectivity index (χ1n) is 13.6. The maximum Gasteiger partial charge on any atom is 0.310 e. The van der Waals surface area contributed by atoms with Crippen molar-refractivity contribution in [1.82, 2.24) is 4.90 Å². The van der Waals surface area contributed by atoms with Gasteiger partial charge in [0.1, 0.15) is 6.04 Å². The quantitative estimate of drug-likeness (QED) is 0.235. The molecule has 3 aliphatic rings. The molecule has 7 nitrogen and oxygen atoms in total. The van der Waals surface area contributed by atoms with Crippen molar-refractivity contribution >= 4 is 46.8 Å². The summed E-state index contributed by atoms with van der Waals surface area (Å²) in [5, 5.41) is 10.8. The van der Waals surface area contributed by atoms with Gasteiger partial charge in [0.25, 0.3) is 5.91 Å². The van der Waals surface area contributed by atoms with E-state index in [0.717, 1.165) is 5.56 Å². The Morgan fingerprint density at radius 1 is 1.33 bits per heavy atom. The third-order valence-corrected chi connectivity index (χ3v) is 11.0. The van der Waals surface area contributed by atoms with Crippen molar-refractivity contribution in [1.29, 1.82) is 0 Å². The van der Waals surface area contributed by atoms with E-state index in [4.69, 9.17) is 16.3 Å². The molecular formula is C30H39ClN2O5S. The molecule has 1 aromatic rings. The van der Waals surface area contributed by atoms with E-state index in [1.54, 1.807) is 39.8 Å². The number of carbonyl (C=O) groups is 3. The Kier molecular flexibility index (Phi) is 8.89. The van der Waals surface area contributed by atoms with Crippen LogP contribution in [0.25, 0.3) is 0 Å². The van der Waals surface area contributed by atoms with Gasteiger partial charge < -0.3 is 19.6 Å². The van der Waals surface area contributed by atoms with E-state index in [-0.39, 0.29) is 48.7 Å². The van der Waals surface area contributed by atoms with Crippen LogP contribution in [-0.4, -0.2) is 69.6 Å². The first kappa shape index (κ1) is 29.7. The molecule has 39 heavy (non-hydrogen) atoms. The number of para-hydroxylation sites is 1. The SMILES string of the molecule is C=CCCOC(=O)[C@@H]1[C@@H]2CC(C)C3(S2)C(C(=O)N(CC=C)c2c(C)cccc2Cl)N([C@@H](CO)C(C)C)C(=O)[C@H]13. The summed E-state index contributed by atoms with van der Waals surface area (Å²) in [5.41, 5.74) is 1.40. The molecule has 1 spiro atoms. The standard InChI is InChI=1S/C30H39ClN2O5S/c1-7-9-14-38-29(37)23-22-15-19(6)30(39-22)24(23)27(35)33(21(16-34)17(3)4)26(30)28(36)32(13-8-2)25-18(5)11-10-12-20(25)31/h7-8,10-12,17,19,21-24,26,34H,1-2,9,13-16H2,3-6H3/t19?,21-,22-,23+,24-,26?,30?/m0/s1. The number of nitrogens with zero attached hydrogens (tertiary/aromatic N) is 2. The summed E-state index contributed by atoms with van der Waals surface area (Å²) >= 11 is 8.22. The van der Waals surface area contributed by atoms with Crippen LogP contribution in [0.3, 0.4) is 0 Å². The Balaban J connectivity index is 1.86. The van der Waals surface area contributed by atoms with Crippen molar-refractivity contribution in [3.63, 3.8) is 0 Å². The summed E-state index contributed by atoms with van der Waals surface area (Å²) in [5.74, 6) is -2.43. The van der Waals surface area contributed by atoms with Gasteiger partial charge in [-0.3, -0.25) is 14.4 Å². The lowest BCUT2D eigenvalue weighted by atomic mass is 9.66. The Morgan fingerprint density at radius 3 is 2.64 bits per heavy atom. The molecule has 2 amide bonds. The summed E-state index contributed by atoms with van der Waals surface area (Å²) in [6, 6.07) is 3.98. The van der Waals surface area contributed by atoms with E-state index in [9.17, 15) is 19.5 Å². The number of aliphatic hydroxyl groups excluding tert-OH is 1. The maximum absolute atomic E-state index is 14.8. The van der Waals surface area contributed by atoms with Gasteiger partial charge in [-0.2, -0.15) is 0 Å². The number of aryl methyl sites for hydroxylation is 1. The summed E-state index contributed by atoms with van der Waals surface area (Å²) in [4.78, 5) is 45.8. The first-order chi connectivity index (χ1) is 18.6. The molecule has 3 aliphatic heterocycles. The fraction of sp³-hybridized carbons (Fsp3) is 0.567. The highest BCUT2D eigenvalue weighted by molar-refractivity contribution is 8.02. The minimum atomic E-state index is -0.888. The number of halogens is 1. The van der Waals surface area contributed by atoms with Crippen LogP contribution in [-0.2, 0) is 19.1 Å². The summed E-state index contributed by atoms with van der Waals surface area (Å²) in [7, 11) is 0. The third kappa shape index (κ3) is 4.72. The average molecular weight is 575 g/mol. The van der Waals surface area contributed by atoms with Gasteiger partial charge >= 0.3 is 5.97 Å². The fourth-order valence-electron chi connectivity index (χ4n) is 6.86. The smallest absolute Gasteiger partial charge is 0.310 e. The Labute approximate surface area is 240 Å². The first-order valence-corrected chi connectivity index (χ1v) is 14.9. The number of hydrogen-bond donors (Lipinski definition) is 1. The number of esters is 1. The van der Waals surface area contributed by atoms with Crippen LogP contribution < -0.4 is 4.90 Å². The van der Waals surface area contributed by atoms with Crippen LogP contribution in [0.15, 0.2) is 43.5 Å². The Morgan fingerprint density at radius 2 is 2.05 bits per heavy atom. The molecule has 0 aromatic heterocycles. The van der Waals surface area contributed by atoms with Crippen molar-refractivity contribution in [2.24, 2.45) is 23.7 Å². The van der Waals surface area contributed by atoms with E-state index in [0.29, 0.717) is 23.6 Å². The van der Waals surface area contributed by atoms with Crippen molar-refractivity contribution < 1.29 is 24.2 Å². The zero-order valence-electron chi connectivity index (χ0n) is 23.1. The van der Waals surface area contributed by atoms with Crippen molar-refractivity contribution in [3.8, 4) is 0 Å². The number of amides is 2. The number of hydrogen-bond acceptors (Lipinski definition) is 6. The van der Waals surface area contributed by atoms with Crippen molar-refractivity contribution in [3.05, 3.63) is 54.1 Å². The molecule has 0 radical (unpaired) electrons. The van der Waals surface area contributed by atoms with Gasteiger partial charge in [0.05, 0.1) is 46.5 Å². The predicted octanol–water partition coefficient (Wildman–Crippen LogP) is 4.64. The van der Waals surface area contributed by atoms with Crippen LogP contribution in [0.1, 0.15) is 39.2 Å². The van der Waals surface area contributed by atoms with Gasteiger partial charge in [-0.25, -0.2) is 0 Å². The minimum Gasteiger partial charge on any atom is -0.465 e. The molecule has 3 saturated heterocycles. The van der Waals surface area contributed by atoms with Gasteiger partial charge in [-0.15, -0.1) is 24.9 Å². The Hall–Kier alpha value is -2.29. The molecule has 9 heteroatoms. The molecule has 3 heterocycles. The zero-order chi connectivity index (χ0) is 28.6. The van der Waals surface area contributed by atoms with E-state index >= 15 is 0 Å². The summed E-state index contributed by atoms with van der Waals surface area (Å²) in [6.45, 7) is 15.5. The van der Waals surface area contributed by atoms with Crippen LogP contribution >= 0.6 is 23.4 Å². The summed E-state index contributed by atoms with van der Waals surface area (Å²) in [6.07, 6.45) is 4.55. The molecule has 0 aliphatic carbocycles. The average Bonchev–Trinajstić information content (AvgIpc) is 3.47. The number of likely N-dealkylation sites (tertiary alicyclic amines) is 1. The summed E-state index contributed by atoms with van der Waals surface area (Å²) < 4.78 is 4.75. The van der Waals surface area contributed by atoms with E-state index in [2.05, 4.69) is 20.1 Å². The van der Waals surface area contributed by atoms with E-state index < -0.39 is 34.6 Å². The molecular weight excluding hydrogens is 536 g/mol. The number of benzene rings is 1. The predicted molar refractivity (Wildman–Crippen MR) is 156 cm³/mol. The third-order valence-electron chi connectivity index (χ3n) is 8.61. The molecule has 7 atom stereocenters. The molecule has 212 valence electrons. The highest BCUT2D eigenvalue weighted by atomic mass is 35.5. The molecule has 0 saturated carbocycles. The minimum absolute atomic E-state index is 0.0120. The lowest BCUT2D eigenvalue weighted by Crippen LogP contribution is -2.60. The van der Waals surface area contributed by atoms with Crippen LogP contribution in [0.2, 0.25) is 5.02 Å². The molecule has 4 rings (SSSR count). The highest BCUT2D eigenvalue weighted by Gasteiger charge is 2.77. The number of rotatable bonds is 11. The number of thioether (sulfide) groups is 1. The topological polar surface area (TPSA) is 87.2 Å². The zero-order valence-corrected chi connectivity index (χ0v) is 24.7. The molecule has 3 unspecified atom stereocenters. The Bertz CT molecular complexity index is 1140. The van der Waals surface area contributed by atoms with Crippen LogP contribution in [0, 0.1) is 30.6 Å². The number of aliphatic hydroxyl groups is 1. The molecule has 3 fully saturated rings. The van der Waals surface area contributed by atoms with Crippen molar-refractivity contribution in [2.45, 2.75) is 62.6 Å². The van der Waals surface area contributed by atoms with Gasteiger partial charge in [0.15, 0.2) is 0 Å². The number of anilines is 1. The maximum atomic E-state index is 14.8. The lowest BCUT2D eigenvalue weighted by molar-refractivity contribution is -0.155. The fourth-order valence-corrected chi connectivity index (χ4v) is 9.57. The molecule has 1 N–H and O–H groups in total. The van der Waals surface area contributed by atoms with Gasteiger partial charge in [0.2, 0.25) is 5.91 Å². The second-order valence-electron chi connectivity index (χ2n) is 11.2. The van der Waals surface area contributed by atoms with E-state index in [1.807, 2.05) is 32.9 Å². The number of fused-ring (bicyclic) bond motifs is 1. The second-order valence-corrected chi connectivity index (χ2v) is 13.1. The molecule has 1 aromatic carbocycles. The lowest BCUT2D eigenvalue weighted by Gasteiger charge is -2.43.